The molecular formula is C25H25F2N3O3S. The number of hydrogen-bond acceptors (Lipinski definition) is 4. The van der Waals surface area contributed by atoms with Crippen LogP contribution in [0, 0.1) is 17.6 Å². The number of nitrogens with zero attached hydrogens (tertiary/aromatic N) is 1. The summed E-state index contributed by atoms with van der Waals surface area (Å²) in [6, 6.07) is 13.3. The van der Waals surface area contributed by atoms with Crippen LogP contribution in [0.1, 0.15) is 31.2 Å². The summed E-state index contributed by atoms with van der Waals surface area (Å²) in [5.41, 5.74) is 1.72. The van der Waals surface area contributed by atoms with E-state index in [4.69, 9.17) is 0 Å². The van der Waals surface area contributed by atoms with E-state index in [1.54, 1.807) is 24.3 Å². The molecule has 1 saturated carbocycles. The minimum absolute atomic E-state index is 0.0791. The van der Waals surface area contributed by atoms with E-state index >= 15 is 0 Å². The molecule has 34 heavy (non-hydrogen) atoms. The van der Waals surface area contributed by atoms with Gasteiger partial charge < -0.3 is 5.32 Å². The smallest absolute Gasteiger partial charge is 0.240 e. The molecule has 1 aromatic heterocycles. The first kappa shape index (κ1) is 24.0. The number of sulfonamides is 1. The molecule has 1 aliphatic rings. The zero-order chi connectivity index (χ0) is 24.1. The Kier molecular flexibility index (Phi) is 7.33. The summed E-state index contributed by atoms with van der Waals surface area (Å²) in [4.78, 5) is 16.3. The first-order chi connectivity index (χ1) is 16.3. The fourth-order valence-electron chi connectivity index (χ4n) is 4.12. The van der Waals surface area contributed by atoms with E-state index in [-0.39, 0.29) is 28.6 Å². The summed E-state index contributed by atoms with van der Waals surface area (Å²) >= 11 is 0. The van der Waals surface area contributed by atoms with Crippen LogP contribution in [0.25, 0.3) is 11.1 Å². The maximum atomic E-state index is 13.9. The molecule has 0 bridgehead atoms. The lowest BCUT2D eigenvalue weighted by molar-refractivity contribution is -0.126. The van der Waals surface area contributed by atoms with Gasteiger partial charge in [0.1, 0.15) is 11.6 Å². The van der Waals surface area contributed by atoms with Crippen molar-refractivity contribution in [3.63, 3.8) is 0 Å². The van der Waals surface area contributed by atoms with Crippen molar-refractivity contribution >= 4 is 15.9 Å². The van der Waals surface area contributed by atoms with E-state index in [0.717, 1.165) is 11.8 Å². The number of rotatable bonds is 7. The Labute approximate surface area is 197 Å². The van der Waals surface area contributed by atoms with Gasteiger partial charge in [-0.05, 0) is 67.1 Å². The summed E-state index contributed by atoms with van der Waals surface area (Å²) in [5, 5.41) is 2.87. The van der Waals surface area contributed by atoms with Gasteiger partial charge in [-0.1, -0.05) is 24.3 Å². The normalized spacial score (nSPS) is 18.4. The molecule has 0 saturated heterocycles. The third-order valence-electron chi connectivity index (χ3n) is 6.05. The van der Waals surface area contributed by atoms with Gasteiger partial charge in [0.15, 0.2) is 0 Å². The largest absolute Gasteiger partial charge is 0.352 e. The highest BCUT2D eigenvalue weighted by atomic mass is 32.2. The molecule has 0 spiro atoms. The Morgan fingerprint density at radius 3 is 2.26 bits per heavy atom. The molecule has 1 fully saturated rings. The van der Waals surface area contributed by atoms with Crippen molar-refractivity contribution in [3.05, 3.63) is 84.2 Å². The quantitative estimate of drug-likeness (QED) is 0.526. The van der Waals surface area contributed by atoms with E-state index in [0.29, 0.717) is 43.4 Å². The molecule has 4 rings (SSSR count). The summed E-state index contributed by atoms with van der Waals surface area (Å²) in [6.45, 7) is 0.324. The lowest BCUT2D eigenvalue weighted by Crippen LogP contribution is -2.40. The highest BCUT2D eigenvalue weighted by Gasteiger charge is 2.29. The monoisotopic (exact) mass is 485 g/mol. The summed E-state index contributed by atoms with van der Waals surface area (Å²) in [6.07, 6.45) is 4.83. The van der Waals surface area contributed by atoms with Crippen molar-refractivity contribution in [3.8, 4) is 11.1 Å². The Hall–Kier alpha value is -3.17. The van der Waals surface area contributed by atoms with Crippen LogP contribution in [0.3, 0.4) is 0 Å². The maximum Gasteiger partial charge on any atom is 0.240 e. The molecule has 1 heterocycles. The van der Waals surface area contributed by atoms with Gasteiger partial charge in [0.05, 0.1) is 11.1 Å². The zero-order valence-electron chi connectivity index (χ0n) is 18.4. The molecule has 1 amide bonds. The molecule has 9 heteroatoms. The number of amides is 1. The van der Waals surface area contributed by atoms with Crippen molar-refractivity contribution in [1.82, 2.24) is 15.0 Å². The molecule has 1 aliphatic carbocycles. The fraction of sp³-hybridized carbons (Fsp3) is 0.280. The third kappa shape index (κ3) is 5.84. The van der Waals surface area contributed by atoms with Gasteiger partial charge >= 0.3 is 0 Å². The van der Waals surface area contributed by atoms with Gasteiger partial charge in [-0.2, -0.15) is 0 Å². The summed E-state index contributed by atoms with van der Waals surface area (Å²) < 4.78 is 55.3. The van der Waals surface area contributed by atoms with E-state index in [9.17, 15) is 22.0 Å². The second-order valence-corrected chi connectivity index (χ2v) is 10.1. The molecule has 0 unspecified atom stereocenters. The molecule has 6 nitrogen and oxygen atoms in total. The van der Waals surface area contributed by atoms with Crippen LogP contribution in [0.5, 0.6) is 0 Å². The SMILES string of the molecule is O=C(NCc1ccc(F)cc1)[C@H]1CC[C@H](NS(=O)(=O)c2ccc(-c3ccncc3F)cc2)CC1. The highest BCUT2D eigenvalue weighted by Crippen LogP contribution is 2.27. The van der Waals surface area contributed by atoms with Crippen LogP contribution in [0.2, 0.25) is 0 Å². The van der Waals surface area contributed by atoms with Crippen LogP contribution < -0.4 is 10.0 Å². The molecular weight excluding hydrogens is 460 g/mol. The van der Waals surface area contributed by atoms with E-state index < -0.39 is 15.8 Å². The maximum absolute atomic E-state index is 13.9. The number of hydrogen-bond donors (Lipinski definition) is 2. The van der Waals surface area contributed by atoms with Crippen molar-refractivity contribution in [1.29, 1.82) is 0 Å². The number of aromatic nitrogens is 1. The van der Waals surface area contributed by atoms with Crippen LogP contribution in [-0.2, 0) is 21.4 Å². The van der Waals surface area contributed by atoms with E-state index in [2.05, 4.69) is 15.0 Å². The summed E-state index contributed by atoms with van der Waals surface area (Å²) in [5.74, 6) is -1.07. The number of halogens is 2. The van der Waals surface area contributed by atoms with Gasteiger partial charge in [0, 0.05) is 30.3 Å². The van der Waals surface area contributed by atoms with E-state index in [1.807, 2.05) is 0 Å². The summed E-state index contributed by atoms with van der Waals surface area (Å²) in [7, 11) is -3.74. The predicted molar refractivity (Wildman–Crippen MR) is 124 cm³/mol. The van der Waals surface area contributed by atoms with E-state index in [1.165, 1.54) is 36.5 Å². The Balaban J connectivity index is 1.29. The first-order valence-electron chi connectivity index (χ1n) is 11.1. The number of carbonyl (C=O) groups excluding carboxylic acids is 1. The predicted octanol–water partition coefficient (Wildman–Crippen LogP) is 4.18. The standard InChI is InChI=1S/C25H25F2N3O3S/c26-20-7-1-17(2-8-20)15-29-25(31)19-3-9-21(10-4-19)30-34(32,33)22-11-5-18(6-12-22)23-13-14-28-16-24(23)27/h1-2,5-8,11-14,16,19,21,30H,3-4,9-10,15H2,(H,29,31)/t19-,21-. The van der Waals surface area contributed by atoms with Crippen LogP contribution in [-0.4, -0.2) is 25.4 Å². The van der Waals surface area contributed by atoms with Gasteiger partial charge in [0.25, 0.3) is 0 Å². The average molecular weight is 486 g/mol. The topological polar surface area (TPSA) is 88.2 Å². The number of nitrogens with one attached hydrogen (secondary N) is 2. The highest BCUT2D eigenvalue weighted by molar-refractivity contribution is 7.89. The fourth-order valence-corrected chi connectivity index (χ4v) is 5.42. The molecule has 2 N–H and O–H groups in total. The number of benzene rings is 2. The second kappa shape index (κ2) is 10.4. The van der Waals surface area contributed by atoms with Crippen molar-refractivity contribution < 1.29 is 22.0 Å². The first-order valence-corrected chi connectivity index (χ1v) is 12.5. The molecule has 0 radical (unpaired) electrons. The van der Waals surface area contributed by atoms with Gasteiger partial charge in [-0.25, -0.2) is 21.9 Å². The Morgan fingerprint density at radius 2 is 1.62 bits per heavy atom. The van der Waals surface area contributed by atoms with Crippen LogP contribution in [0.4, 0.5) is 8.78 Å². The Morgan fingerprint density at radius 1 is 0.941 bits per heavy atom. The Bertz CT molecular complexity index is 1240. The third-order valence-corrected chi connectivity index (χ3v) is 7.58. The van der Waals surface area contributed by atoms with Gasteiger partial charge in [0.2, 0.25) is 15.9 Å². The van der Waals surface area contributed by atoms with Crippen molar-refractivity contribution in [2.45, 2.75) is 43.2 Å². The minimum Gasteiger partial charge on any atom is -0.352 e. The van der Waals surface area contributed by atoms with Crippen molar-refractivity contribution in [2.24, 2.45) is 5.92 Å². The lowest BCUT2D eigenvalue weighted by Gasteiger charge is -2.28. The average Bonchev–Trinajstić information content (AvgIpc) is 2.84. The van der Waals surface area contributed by atoms with Crippen molar-refractivity contribution in [2.75, 3.05) is 0 Å². The minimum atomic E-state index is -3.74. The molecule has 0 aliphatic heterocycles. The molecule has 2 aromatic carbocycles. The lowest BCUT2D eigenvalue weighted by atomic mass is 9.86. The van der Waals surface area contributed by atoms with Gasteiger partial charge in [-0.15, -0.1) is 0 Å². The number of pyridine rings is 1. The zero-order valence-corrected chi connectivity index (χ0v) is 19.2. The number of carbonyl (C=O) groups is 1. The second-order valence-electron chi connectivity index (χ2n) is 8.39. The van der Waals surface area contributed by atoms with Crippen LogP contribution in [0.15, 0.2) is 71.9 Å². The van der Waals surface area contributed by atoms with Crippen LogP contribution >= 0.6 is 0 Å². The van der Waals surface area contributed by atoms with Gasteiger partial charge in [-0.3, -0.25) is 9.78 Å². The molecule has 0 atom stereocenters. The molecule has 178 valence electrons. The molecule has 3 aromatic rings.